The Morgan fingerprint density at radius 1 is 0.265 bits per heavy atom. The molecule has 0 amide bonds. The predicted molar refractivity (Wildman–Crippen MR) is 202 cm³/mol. The van der Waals surface area contributed by atoms with Gasteiger partial charge in [0.1, 0.15) is 5.82 Å². The van der Waals surface area contributed by atoms with Crippen molar-refractivity contribution >= 4 is 0 Å². The molecular formula is C46H33N3. The summed E-state index contributed by atoms with van der Waals surface area (Å²) in [5.74, 6) is 2.07. The lowest BCUT2D eigenvalue weighted by Gasteiger charge is -2.13. The highest BCUT2D eigenvalue weighted by molar-refractivity contribution is 5.80. The van der Waals surface area contributed by atoms with Crippen molar-refractivity contribution in [3.63, 3.8) is 0 Å². The Hall–Kier alpha value is -6.45. The average molecular weight is 628 g/mol. The smallest absolute Gasteiger partial charge is 0.163 e. The second kappa shape index (κ2) is 13.7. The maximum Gasteiger partial charge on any atom is 0.163 e. The molecule has 0 bridgehead atoms. The molecule has 0 saturated carbocycles. The minimum absolute atomic E-state index is 0.555. The summed E-state index contributed by atoms with van der Waals surface area (Å²) in [6, 6.07) is 65.8. The molecule has 232 valence electrons. The van der Waals surface area contributed by atoms with Gasteiger partial charge in [0.2, 0.25) is 0 Å². The minimum atomic E-state index is 0.555. The first kappa shape index (κ1) is 29.9. The van der Waals surface area contributed by atoms with Gasteiger partial charge in [0.15, 0.2) is 11.6 Å². The van der Waals surface area contributed by atoms with Gasteiger partial charge in [0.05, 0.1) is 0 Å². The molecule has 0 aliphatic heterocycles. The fourth-order valence-electron chi connectivity index (χ4n) is 6.26. The summed E-state index contributed by atoms with van der Waals surface area (Å²) in [5, 5.41) is 0. The average Bonchev–Trinajstić information content (AvgIpc) is 3.19. The molecule has 1 aromatic heterocycles. The van der Waals surface area contributed by atoms with E-state index >= 15 is 0 Å². The van der Waals surface area contributed by atoms with Crippen LogP contribution in [0.5, 0.6) is 0 Å². The summed E-state index contributed by atoms with van der Waals surface area (Å²) >= 11 is 0. The van der Waals surface area contributed by atoms with Crippen LogP contribution in [-0.4, -0.2) is 15.0 Å². The van der Waals surface area contributed by atoms with E-state index in [1.807, 2.05) is 60.7 Å². The van der Waals surface area contributed by atoms with E-state index in [2.05, 4.69) is 127 Å². The molecule has 0 fully saturated rings. The monoisotopic (exact) mass is 627 g/mol. The van der Waals surface area contributed by atoms with Crippen molar-refractivity contribution in [2.24, 2.45) is 0 Å². The Kier molecular flexibility index (Phi) is 8.38. The Labute approximate surface area is 287 Å². The van der Waals surface area contributed by atoms with Crippen molar-refractivity contribution < 1.29 is 0 Å². The predicted octanol–water partition coefficient (Wildman–Crippen LogP) is 11.5. The van der Waals surface area contributed by atoms with Crippen LogP contribution in [0.15, 0.2) is 188 Å². The van der Waals surface area contributed by atoms with Crippen LogP contribution < -0.4 is 0 Å². The van der Waals surface area contributed by atoms with Gasteiger partial charge in [-0.3, -0.25) is 0 Å². The van der Waals surface area contributed by atoms with E-state index in [1.54, 1.807) is 0 Å². The van der Waals surface area contributed by atoms with Crippen molar-refractivity contribution in [3.05, 3.63) is 199 Å². The van der Waals surface area contributed by atoms with Gasteiger partial charge in [-0.15, -0.1) is 0 Å². The lowest BCUT2D eigenvalue weighted by atomic mass is 9.92. The zero-order valence-corrected chi connectivity index (χ0v) is 26.9. The van der Waals surface area contributed by atoms with Gasteiger partial charge in [-0.25, -0.2) is 15.0 Å². The van der Waals surface area contributed by atoms with E-state index < -0.39 is 0 Å². The molecule has 3 nitrogen and oxygen atoms in total. The molecule has 1 heterocycles. The minimum Gasteiger partial charge on any atom is -0.213 e. The highest BCUT2D eigenvalue weighted by Gasteiger charge is 2.14. The third kappa shape index (κ3) is 6.83. The van der Waals surface area contributed by atoms with Crippen LogP contribution in [0.3, 0.4) is 0 Å². The lowest BCUT2D eigenvalue weighted by Crippen LogP contribution is -2.04. The standard InChI is InChI=1S/C46H33N3/c1-5-15-34(16-6-1)38-23-13-25-40(30-38)42-27-33(28-43(32-42)41-26-14-24-39(31-41)35-17-7-2-8-18-35)29-44-47-45(36-19-9-3-10-20-36)49-46(48-44)37-21-11-4-12-22-37/h1-28,30-32H,29H2. The van der Waals surface area contributed by atoms with Gasteiger partial charge in [0.25, 0.3) is 0 Å². The Balaban J connectivity index is 1.26. The maximum absolute atomic E-state index is 5.01. The van der Waals surface area contributed by atoms with Gasteiger partial charge in [-0.1, -0.05) is 170 Å². The summed E-state index contributed by atoms with van der Waals surface area (Å²) in [6.45, 7) is 0. The summed E-state index contributed by atoms with van der Waals surface area (Å²) < 4.78 is 0. The Morgan fingerprint density at radius 2 is 0.592 bits per heavy atom. The van der Waals surface area contributed by atoms with Gasteiger partial charge in [0, 0.05) is 17.5 Å². The zero-order chi connectivity index (χ0) is 32.8. The fraction of sp³-hybridized carbons (Fsp3) is 0.0217. The Morgan fingerprint density at radius 3 is 1.00 bits per heavy atom. The zero-order valence-electron chi connectivity index (χ0n) is 26.9. The van der Waals surface area contributed by atoms with Crippen LogP contribution in [0, 0.1) is 0 Å². The van der Waals surface area contributed by atoms with Crippen molar-refractivity contribution in [2.45, 2.75) is 6.42 Å². The largest absolute Gasteiger partial charge is 0.213 e. The van der Waals surface area contributed by atoms with Gasteiger partial charge >= 0.3 is 0 Å². The molecule has 0 aliphatic rings. The molecule has 3 heteroatoms. The van der Waals surface area contributed by atoms with Crippen LogP contribution in [0.25, 0.3) is 67.3 Å². The number of rotatable bonds is 8. The first-order valence-corrected chi connectivity index (χ1v) is 16.6. The van der Waals surface area contributed by atoms with Crippen LogP contribution in [0.2, 0.25) is 0 Å². The molecule has 0 unspecified atom stereocenters. The molecular weight excluding hydrogens is 595 g/mol. The van der Waals surface area contributed by atoms with E-state index in [9.17, 15) is 0 Å². The number of hydrogen-bond acceptors (Lipinski definition) is 3. The number of benzene rings is 7. The lowest BCUT2D eigenvalue weighted by molar-refractivity contribution is 0.933. The molecule has 0 N–H and O–H groups in total. The van der Waals surface area contributed by atoms with E-state index in [0.717, 1.165) is 44.8 Å². The third-order valence-corrected chi connectivity index (χ3v) is 8.71. The summed E-state index contributed by atoms with van der Waals surface area (Å²) in [7, 11) is 0. The van der Waals surface area contributed by atoms with E-state index in [0.29, 0.717) is 18.1 Å². The number of aromatic nitrogens is 3. The maximum atomic E-state index is 5.01. The SMILES string of the molecule is c1ccc(-c2cccc(-c3cc(Cc4nc(-c5ccccc5)nc(-c5ccccc5)n4)cc(-c4cccc(-c5ccccc5)c4)c3)c2)cc1. The third-order valence-electron chi connectivity index (χ3n) is 8.71. The summed E-state index contributed by atoms with van der Waals surface area (Å²) in [5.41, 5.74) is 12.5. The van der Waals surface area contributed by atoms with Gasteiger partial charge < -0.3 is 0 Å². The Bertz CT molecular complexity index is 2180. The molecule has 0 aliphatic carbocycles. The molecule has 7 aromatic carbocycles. The normalized spacial score (nSPS) is 10.9. The second-order valence-corrected chi connectivity index (χ2v) is 12.1. The van der Waals surface area contributed by atoms with Crippen molar-refractivity contribution in [1.82, 2.24) is 15.0 Å². The van der Waals surface area contributed by atoms with Crippen LogP contribution in [0.4, 0.5) is 0 Å². The highest BCUT2D eigenvalue weighted by Crippen LogP contribution is 2.34. The second-order valence-electron chi connectivity index (χ2n) is 12.1. The van der Waals surface area contributed by atoms with Gasteiger partial charge in [-0.05, 0) is 68.3 Å². The van der Waals surface area contributed by atoms with Crippen LogP contribution in [0.1, 0.15) is 11.4 Å². The number of hydrogen-bond donors (Lipinski definition) is 0. The van der Waals surface area contributed by atoms with E-state index in [4.69, 9.17) is 15.0 Å². The number of nitrogens with zero attached hydrogens (tertiary/aromatic N) is 3. The van der Waals surface area contributed by atoms with Crippen LogP contribution >= 0.6 is 0 Å². The first-order valence-electron chi connectivity index (χ1n) is 16.6. The van der Waals surface area contributed by atoms with Crippen LogP contribution in [-0.2, 0) is 6.42 Å². The summed E-state index contributed by atoms with van der Waals surface area (Å²) in [4.78, 5) is 14.9. The molecule has 0 spiro atoms. The van der Waals surface area contributed by atoms with E-state index in [-0.39, 0.29) is 0 Å². The quantitative estimate of drug-likeness (QED) is 0.168. The molecule has 0 saturated heterocycles. The fourth-order valence-corrected chi connectivity index (χ4v) is 6.26. The first-order chi connectivity index (χ1) is 24.2. The van der Waals surface area contributed by atoms with Gasteiger partial charge in [-0.2, -0.15) is 0 Å². The molecule has 0 radical (unpaired) electrons. The van der Waals surface area contributed by atoms with Crippen molar-refractivity contribution in [2.75, 3.05) is 0 Å². The molecule has 8 aromatic rings. The molecule has 0 atom stereocenters. The molecule has 49 heavy (non-hydrogen) atoms. The topological polar surface area (TPSA) is 38.7 Å². The van der Waals surface area contributed by atoms with Crippen molar-refractivity contribution in [1.29, 1.82) is 0 Å². The highest BCUT2D eigenvalue weighted by atomic mass is 15.0. The summed E-state index contributed by atoms with van der Waals surface area (Å²) in [6.07, 6.45) is 0.555. The molecule has 8 rings (SSSR count). The van der Waals surface area contributed by atoms with E-state index in [1.165, 1.54) is 22.3 Å². The van der Waals surface area contributed by atoms with Crippen molar-refractivity contribution in [3.8, 4) is 67.3 Å².